The van der Waals surface area contributed by atoms with Gasteiger partial charge in [0.25, 0.3) is 0 Å². The van der Waals surface area contributed by atoms with Gasteiger partial charge in [-0.1, -0.05) is 6.07 Å². The monoisotopic (exact) mass is 420 g/mol. The van der Waals surface area contributed by atoms with Crippen molar-refractivity contribution in [3.8, 4) is 0 Å². The highest BCUT2D eigenvalue weighted by atomic mass is 16.6. The molecule has 8 heteroatoms. The van der Waals surface area contributed by atoms with Gasteiger partial charge in [0, 0.05) is 39.4 Å². The Morgan fingerprint density at radius 2 is 2.10 bits per heavy atom. The molecule has 2 atom stereocenters. The van der Waals surface area contributed by atoms with Gasteiger partial charge in [0.15, 0.2) is 0 Å². The highest BCUT2D eigenvalue weighted by molar-refractivity contribution is 5.87. The third kappa shape index (κ3) is 8.38. The smallest absolute Gasteiger partial charge is 0.330 e. The molecule has 1 aromatic heterocycles. The predicted octanol–water partition coefficient (Wildman–Crippen LogP) is 1.91. The molecule has 8 nitrogen and oxygen atoms in total. The topological polar surface area (TPSA) is 107 Å². The van der Waals surface area contributed by atoms with Crippen LogP contribution in [-0.4, -0.2) is 67.3 Å². The van der Waals surface area contributed by atoms with Gasteiger partial charge < -0.3 is 25.4 Å². The maximum absolute atomic E-state index is 11.7. The SMILES string of the molecule is CO[C@H](C)CN(CCCCc1ccc2c(n1)NCCC2)CC[C@H](N)C(=O)OC(C)=O. The number of pyridine rings is 1. The number of aromatic nitrogens is 1. The Balaban J connectivity index is 1.78. The van der Waals surface area contributed by atoms with E-state index in [1.54, 1.807) is 7.11 Å². The predicted molar refractivity (Wildman–Crippen MR) is 116 cm³/mol. The molecule has 2 heterocycles. The number of nitrogens with one attached hydrogen (secondary N) is 1. The quantitative estimate of drug-likeness (QED) is 0.300. The number of methoxy groups -OCH3 is 1. The van der Waals surface area contributed by atoms with Crippen molar-refractivity contribution >= 4 is 17.8 Å². The lowest BCUT2D eigenvalue weighted by molar-refractivity contribution is -0.159. The molecule has 0 radical (unpaired) electrons. The third-order valence-electron chi connectivity index (χ3n) is 5.33. The average Bonchev–Trinajstić information content (AvgIpc) is 2.73. The molecule has 3 N–H and O–H groups in total. The number of hydrogen-bond acceptors (Lipinski definition) is 8. The van der Waals surface area contributed by atoms with Crippen molar-refractivity contribution < 1.29 is 19.1 Å². The summed E-state index contributed by atoms with van der Waals surface area (Å²) in [6, 6.07) is 3.52. The standard InChI is InChI=1S/C22H36N4O4/c1-16(29-3)15-26(14-11-20(23)22(28)30-17(2)27)13-5-4-8-19-10-9-18-7-6-12-24-21(18)25-19/h9-10,16,20H,4-8,11-15,23H2,1-3H3,(H,24,25)/t16-,20+/m1/s1. The summed E-state index contributed by atoms with van der Waals surface area (Å²) in [7, 11) is 1.69. The first-order chi connectivity index (χ1) is 14.4. The molecule has 168 valence electrons. The Morgan fingerprint density at radius 3 is 2.83 bits per heavy atom. The van der Waals surface area contributed by atoms with Crippen LogP contribution >= 0.6 is 0 Å². The number of fused-ring (bicyclic) bond motifs is 1. The van der Waals surface area contributed by atoms with Gasteiger partial charge in [-0.2, -0.15) is 0 Å². The lowest BCUT2D eigenvalue weighted by atomic mass is 10.1. The number of unbranched alkanes of at least 4 members (excludes halogenated alkanes) is 1. The molecule has 0 spiro atoms. The first-order valence-corrected chi connectivity index (χ1v) is 10.8. The zero-order chi connectivity index (χ0) is 21.9. The van der Waals surface area contributed by atoms with Gasteiger partial charge in [-0.05, 0) is 63.6 Å². The van der Waals surface area contributed by atoms with Crippen LogP contribution in [0.3, 0.4) is 0 Å². The van der Waals surface area contributed by atoms with Crippen LogP contribution in [-0.2, 0) is 31.9 Å². The molecule has 0 saturated heterocycles. The van der Waals surface area contributed by atoms with Crippen molar-refractivity contribution in [3.63, 3.8) is 0 Å². The number of nitrogens with two attached hydrogens (primary N) is 1. The number of rotatable bonds is 12. The van der Waals surface area contributed by atoms with Gasteiger partial charge >= 0.3 is 11.9 Å². The zero-order valence-corrected chi connectivity index (χ0v) is 18.5. The van der Waals surface area contributed by atoms with E-state index in [4.69, 9.17) is 15.5 Å². The van der Waals surface area contributed by atoms with Gasteiger partial charge in [0.05, 0.1) is 6.10 Å². The summed E-state index contributed by atoms with van der Waals surface area (Å²) in [4.78, 5) is 29.7. The Hall–Kier alpha value is -2.03. The van der Waals surface area contributed by atoms with E-state index >= 15 is 0 Å². The van der Waals surface area contributed by atoms with Crippen LogP contribution in [0.1, 0.15) is 50.8 Å². The number of carbonyl (C=O) groups is 2. The molecule has 1 aliphatic heterocycles. The maximum Gasteiger partial charge on any atom is 0.330 e. The summed E-state index contributed by atoms with van der Waals surface area (Å²) in [6.07, 6.45) is 5.76. The lowest BCUT2D eigenvalue weighted by Gasteiger charge is -2.26. The van der Waals surface area contributed by atoms with Crippen molar-refractivity contribution in [2.45, 2.75) is 64.5 Å². The first kappa shape index (κ1) is 24.2. The van der Waals surface area contributed by atoms with Gasteiger partial charge in [-0.15, -0.1) is 0 Å². The fraction of sp³-hybridized carbons (Fsp3) is 0.682. The first-order valence-electron chi connectivity index (χ1n) is 10.8. The normalized spacial score (nSPS) is 15.2. The second-order valence-electron chi connectivity index (χ2n) is 7.95. The zero-order valence-electron chi connectivity index (χ0n) is 18.5. The molecule has 1 aromatic rings. The van der Waals surface area contributed by atoms with Crippen LogP contribution < -0.4 is 11.1 Å². The second kappa shape index (κ2) is 12.6. The number of ether oxygens (including phenoxy) is 2. The van der Waals surface area contributed by atoms with Crippen LogP contribution in [0.2, 0.25) is 0 Å². The molecule has 30 heavy (non-hydrogen) atoms. The van der Waals surface area contributed by atoms with E-state index in [0.29, 0.717) is 13.0 Å². The van der Waals surface area contributed by atoms with Crippen LogP contribution in [0.25, 0.3) is 0 Å². The second-order valence-corrected chi connectivity index (χ2v) is 7.95. The molecule has 2 rings (SSSR count). The van der Waals surface area contributed by atoms with Crippen molar-refractivity contribution in [1.82, 2.24) is 9.88 Å². The Kier molecular flexibility index (Phi) is 10.2. The highest BCUT2D eigenvalue weighted by Crippen LogP contribution is 2.20. The Labute approximate surface area is 179 Å². The van der Waals surface area contributed by atoms with E-state index in [-0.39, 0.29) is 6.10 Å². The van der Waals surface area contributed by atoms with Crippen LogP contribution in [0.4, 0.5) is 5.82 Å². The fourth-order valence-electron chi connectivity index (χ4n) is 3.54. The minimum atomic E-state index is -0.804. The Bertz CT molecular complexity index is 698. The molecule has 0 unspecified atom stereocenters. The number of esters is 2. The minimum Gasteiger partial charge on any atom is -0.392 e. The third-order valence-corrected chi connectivity index (χ3v) is 5.33. The van der Waals surface area contributed by atoms with E-state index in [2.05, 4.69) is 27.1 Å². The van der Waals surface area contributed by atoms with Crippen LogP contribution in [0.15, 0.2) is 12.1 Å². The van der Waals surface area contributed by atoms with E-state index < -0.39 is 18.0 Å². The summed E-state index contributed by atoms with van der Waals surface area (Å²) in [5, 5.41) is 3.38. The summed E-state index contributed by atoms with van der Waals surface area (Å²) in [5.41, 5.74) is 8.29. The van der Waals surface area contributed by atoms with Crippen LogP contribution in [0, 0.1) is 0 Å². The fourth-order valence-corrected chi connectivity index (χ4v) is 3.54. The summed E-state index contributed by atoms with van der Waals surface area (Å²) < 4.78 is 9.97. The molecule has 0 fully saturated rings. The number of hydrogen-bond donors (Lipinski definition) is 2. The minimum absolute atomic E-state index is 0.0822. The molecule has 0 bridgehead atoms. The molecule has 1 aliphatic rings. The van der Waals surface area contributed by atoms with Crippen molar-refractivity contribution in [2.24, 2.45) is 5.73 Å². The average molecular weight is 421 g/mol. The van der Waals surface area contributed by atoms with E-state index in [1.807, 2.05) is 6.92 Å². The van der Waals surface area contributed by atoms with E-state index in [0.717, 1.165) is 56.8 Å². The molecule has 0 aromatic carbocycles. The van der Waals surface area contributed by atoms with Gasteiger partial charge in [0.2, 0.25) is 0 Å². The number of aryl methyl sites for hydroxylation is 2. The summed E-state index contributed by atoms with van der Waals surface area (Å²) in [6.45, 7) is 6.49. The van der Waals surface area contributed by atoms with Gasteiger partial charge in [-0.25, -0.2) is 9.78 Å². The molecular formula is C22H36N4O4. The summed E-state index contributed by atoms with van der Waals surface area (Å²) in [5.74, 6) is -0.263. The lowest BCUT2D eigenvalue weighted by Crippen LogP contribution is -2.40. The van der Waals surface area contributed by atoms with Crippen LogP contribution in [0.5, 0.6) is 0 Å². The van der Waals surface area contributed by atoms with E-state index in [9.17, 15) is 9.59 Å². The van der Waals surface area contributed by atoms with Crippen molar-refractivity contribution in [3.05, 3.63) is 23.4 Å². The van der Waals surface area contributed by atoms with Crippen molar-refractivity contribution in [1.29, 1.82) is 0 Å². The highest BCUT2D eigenvalue weighted by Gasteiger charge is 2.19. The van der Waals surface area contributed by atoms with Gasteiger partial charge in [0.1, 0.15) is 11.9 Å². The summed E-state index contributed by atoms with van der Waals surface area (Å²) >= 11 is 0. The number of anilines is 1. The molecule has 0 saturated carbocycles. The Morgan fingerprint density at radius 1 is 1.30 bits per heavy atom. The maximum atomic E-state index is 11.7. The number of nitrogens with zero attached hydrogens (tertiary/aromatic N) is 2. The molecular weight excluding hydrogens is 384 g/mol. The van der Waals surface area contributed by atoms with Gasteiger partial charge in [-0.3, -0.25) is 4.79 Å². The number of carbonyl (C=O) groups excluding carboxylic acids is 2. The van der Waals surface area contributed by atoms with E-state index in [1.165, 1.54) is 18.9 Å². The largest absolute Gasteiger partial charge is 0.392 e. The molecule has 0 amide bonds. The molecule has 0 aliphatic carbocycles. The van der Waals surface area contributed by atoms with Crippen molar-refractivity contribution in [2.75, 3.05) is 38.6 Å².